The summed E-state index contributed by atoms with van der Waals surface area (Å²) in [7, 11) is 0. The molecule has 1 aromatic heterocycles. The maximum atomic E-state index is 13.2. The molecule has 0 aliphatic carbocycles. The van der Waals surface area contributed by atoms with Gasteiger partial charge < -0.3 is 5.11 Å². The van der Waals surface area contributed by atoms with Crippen LogP contribution in [0.3, 0.4) is 0 Å². The number of halogens is 4. The highest BCUT2D eigenvalue weighted by Crippen LogP contribution is 2.32. The SMILES string of the molecule is OC(Cc1ccccn1)c1cc(F)cc(C(F)(F)F)c1. The number of rotatable bonds is 3. The minimum absolute atomic E-state index is 0.0155. The van der Waals surface area contributed by atoms with E-state index in [1.165, 1.54) is 6.20 Å². The van der Waals surface area contributed by atoms with Crippen molar-refractivity contribution in [2.24, 2.45) is 0 Å². The van der Waals surface area contributed by atoms with E-state index >= 15 is 0 Å². The molecule has 1 aromatic carbocycles. The largest absolute Gasteiger partial charge is 0.416 e. The van der Waals surface area contributed by atoms with Crippen LogP contribution in [0, 0.1) is 5.82 Å². The van der Waals surface area contributed by atoms with Gasteiger partial charge in [-0.3, -0.25) is 4.98 Å². The lowest BCUT2D eigenvalue weighted by atomic mass is 10.0. The summed E-state index contributed by atoms with van der Waals surface area (Å²) in [5.41, 5.74) is -0.728. The predicted molar refractivity (Wildman–Crippen MR) is 64.3 cm³/mol. The molecule has 0 bridgehead atoms. The second-order valence-electron chi connectivity index (χ2n) is 4.31. The number of aliphatic hydroxyl groups excluding tert-OH is 1. The van der Waals surface area contributed by atoms with Gasteiger partial charge in [0.1, 0.15) is 5.82 Å². The third-order valence-electron chi connectivity index (χ3n) is 2.76. The molecule has 2 aromatic rings. The summed E-state index contributed by atoms with van der Waals surface area (Å²) in [4.78, 5) is 3.96. The van der Waals surface area contributed by atoms with Gasteiger partial charge in [0.2, 0.25) is 0 Å². The zero-order chi connectivity index (χ0) is 14.8. The molecule has 0 spiro atoms. The van der Waals surface area contributed by atoms with Crippen LogP contribution in [-0.2, 0) is 12.6 Å². The lowest BCUT2D eigenvalue weighted by Crippen LogP contribution is -2.09. The number of pyridine rings is 1. The Kier molecular flexibility index (Phi) is 4.04. The van der Waals surface area contributed by atoms with Crippen LogP contribution in [0.25, 0.3) is 0 Å². The molecule has 0 aliphatic heterocycles. The lowest BCUT2D eigenvalue weighted by Gasteiger charge is -2.14. The Bertz CT molecular complexity index is 583. The average Bonchev–Trinajstić information content (AvgIpc) is 2.38. The van der Waals surface area contributed by atoms with Gasteiger partial charge in [-0.05, 0) is 35.9 Å². The first kappa shape index (κ1) is 14.5. The molecule has 2 nitrogen and oxygen atoms in total. The summed E-state index contributed by atoms with van der Waals surface area (Å²) < 4.78 is 51.0. The van der Waals surface area contributed by atoms with E-state index in [4.69, 9.17) is 0 Å². The highest BCUT2D eigenvalue weighted by Gasteiger charge is 2.31. The Balaban J connectivity index is 2.26. The molecule has 6 heteroatoms. The van der Waals surface area contributed by atoms with Gasteiger partial charge in [-0.25, -0.2) is 4.39 Å². The van der Waals surface area contributed by atoms with E-state index in [9.17, 15) is 22.7 Å². The van der Waals surface area contributed by atoms with Crippen LogP contribution in [0.1, 0.15) is 22.9 Å². The van der Waals surface area contributed by atoms with Gasteiger partial charge in [-0.1, -0.05) is 6.07 Å². The Morgan fingerprint density at radius 3 is 2.50 bits per heavy atom. The minimum Gasteiger partial charge on any atom is -0.388 e. The fraction of sp³-hybridized carbons (Fsp3) is 0.214. The molecule has 106 valence electrons. The van der Waals surface area contributed by atoms with Crippen molar-refractivity contribution in [1.82, 2.24) is 4.98 Å². The van der Waals surface area contributed by atoms with Crippen molar-refractivity contribution >= 4 is 0 Å². The zero-order valence-corrected chi connectivity index (χ0v) is 10.2. The van der Waals surface area contributed by atoms with Gasteiger partial charge in [-0.15, -0.1) is 0 Å². The van der Waals surface area contributed by atoms with Gasteiger partial charge in [0, 0.05) is 18.3 Å². The molecule has 1 heterocycles. The van der Waals surface area contributed by atoms with Crippen LogP contribution in [0.15, 0.2) is 42.6 Å². The maximum absolute atomic E-state index is 13.2. The first-order valence-electron chi connectivity index (χ1n) is 5.82. The summed E-state index contributed by atoms with van der Waals surface area (Å²) in [6, 6.07) is 7.05. The zero-order valence-electron chi connectivity index (χ0n) is 10.2. The normalized spacial score (nSPS) is 13.2. The standard InChI is InChI=1S/C14H11F4NO/c15-11-6-9(5-10(7-11)14(16,17)18)13(20)8-12-3-1-2-4-19-12/h1-7,13,20H,8H2. The molecule has 2 rings (SSSR count). The van der Waals surface area contributed by atoms with Gasteiger partial charge in [-0.2, -0.15) is 13.2 Å². The van der Waals surface area contributed by atoms with Gasteiger partial charge in [0.25, 0.3) is 0 Å². The van der Waals surface area contributed by atoms with Crippen molar-refractivity contribution in [2.45, 2.75) is 18.7 Å². The Labute approximate surface area is 112 Å². The average molecular weight is 285 g/mol. The number of aromatic nitrogens is 1. The van der Waals surface area contributed by atoms with Crippen molar-refractivity contribution in [2.75, 3.05) is 0 Å². The smallest absolute Gasteiger partial charge is 0.388 e. The summed E-state index contributed by atoms with van der Waals surface area (Å²) in [6.45, 7) is 0. The summed E-state index contributed by atoms with van der Waals surface area (Å²) in [5.74, 6) is -1.03. The number of hydrogen-bond acceptors (Lipinski definition) is 2. The van der Waals surface area contributed by atoms with E-state index in [-0.39, 0.29) is 12.0 Å². The lowest BCUT2D eigenvalue weighted by molar-refractivity contribution is -0.137. The second-order valence-corrected chi connectivity index (χ2v) is 4.31. The molecular weight excluding hydrogens is 274 g/mol. The third kappa shape index (κ3) is 3.54. The Morgan fingerprint density at radius 1 is 1.15 bits per heavy atom. The van der Waals surface area contributed by atoms with Crippen molar-refractivity contribution in [3.63, 3.8) is 0 Å². The highest BCUT2D eigenvalue weighted by atomic mass is 19.4. The molecule has 0 saturated heterocycles. The molecule has 1 unspecified atom stereocenters. The monoisotopic (exact) mass is 285 g/mol. The summed E-state index contributed by atoms with van der Waals surface area (Å²) in [6.07, 6.45) is -4.38. The topological polar surface area (TPSA) is 33.1 Å². The van der Waals surface area contributed by atoms with Crippen LogP contribution in [0.5, 0.6) is 0 Å². The third-order valence-corrected chi connectivity index (χ3v) is 2.76. The minimum atomic E-state index is -4.65. The van der Waals surface area contributed by atoms with Crippen molar-refractivity contribution in [1.29, 1.82) is 0 Å². The predicted octanol–water partition coefficient (Wildman–Crippen LogP) is 3.52. The second kappa shape index (κ2) is 5.58. The fourth-order valence-electron chi connectivity index (χ4n) is 1.80. The molecule has 0 fully saturated rings. The Hall–Kier alpha value is -1.95. The van der Waals surface area contributed by atoms with Crippen LogP contribution in [0.2, 0.25) is 0 Å². The van der Waals surface area contributed by atoms with E-state index in [0.29, 0.717) is 11.8 Å². The van der Waals surface area contributed by atoms with E-state index in [1.54, 1.807) is 18.2 Å². The first-order chi connectivity index (χ1) is 9.36. The van der Waals surface area contributed by atoms with Crippen LogP contribution >= 0.6 is 0 Å². The van der Waals surface area contributed by atoms with E-state index in [2.05, 4.69) is 4.98 Å². The summed E-state index contributed by atoms with van der Waals surface area (Å²) >= 11 is 0. The number of benzene rings is 1. The molecular formula is C14H11F4NO. The Morgan fingerprint density at radius 2 is 1.90 bits per heavy atom. The number of aliphatic hydroxyl groups is 1. The van der Waals surface area contributed by atoms with Crippen molar-refractivity contribution < 1.29 is 22.7 Å². The van der Waals surface area contributed by atoms with Crippen LogP contribution < -0.4 is 0 Å². The quantitative estimate of drug-likeness (QED) is 0.875. The highest BCUT2D eigenvalue weighted by molar-refractivity contribution is 5.29. The molecule has 0 radical (unpaired) electrons. The van der Waals surface area contributed by atoms with E-state index < -0.39 is 23.7 Å². The van der Waals surface area contributed by atoms with E-state index in [1.807, 2.05) is 0 Å². The van der Waals surface area contributed by atoms with Gasteiger partial charge in [0.05, 0.1) is 11.7 Å². The van der Waals surface area contributed by atoms with Gasteiger partial charge in [0.15, 0.2) is 0 Å². The molecule has 0 aliphatic rings. The summed E-state index contributed by atoms with van der Waals surface area (Å²) in [5, 5.41) is 9.91. The molecule has 1 atom stereocenters. The molecule has 20 heavy (non-hydrogen) atoms. The fourth-order valence-corrected chi connectivity index (χ4v) is 1.80. The number of nitrogens with zero attached hydrogens (tertiary/aromatic N) is 1. The van der Waals surface area contributed by atoms with Crippen LogP contribution in [0.4, 0.5) is 17.6 Å². The van der Waals surface area contributed by atoms with Crippen molar-refractivity contribution in [3.05, 3.63) is 65.2 Å². The van der Waals surface area contributed by atoms with E-state index in [0.717, 1.165) is 12.1 Å². The molecule has 1 N–H and O–H groups in total. The first-order valence-corrected chi connectivity index (χ1v) is 5.82. The van der Waals surface area contributed by atoms with Gasteiger partial charge >= 0.3 is 6.18 Å². The molecule has 0 saturated carbocycles. The van der Waals surface area contributed by atoms with Crippen LogP contribution in [-0.4, -0.2) is 10.1 Å². The number of alkyl halides is 3. The maximum Gasteiger partial charge on any atom is 0.416 e. The van der Waals surface area contributed by atoms with Crippen molar-refractivity contribution in [3.8, 4) is 0 Å². The number of hydrogen-bond donors (Lipinski definition) is 1. The molecule has 0 amide bonds.